The Hall–Kier alpha value is -0.990. The lowest BCUT2D eigenvalue weighted by molar-refractivity contribution is -0.131. The lowest BCUT2D eigenvalue weighted by atomic mass is 10.1. The van der Waals surface area contributed by atoms with Gasteiger partial charge in [0.2, 0.25) is 0 Å². The van der Waals surface area contributed by atoms with Crippen molar-refractivity contribution in [3.63, 3.8) is 0 Å². The highest BCUT2D eigenvalue weighted by molar-refractivity contribution is 5.79. The van der Waals surface area contributed by atoms with Gasteiger partial charge >= 0.3 is 5.97 Å². The zero-order valence-electron chi connectivity index (χ0n) is 8.07. The Bertz CT molecular complexity index is 195. The molecule has 1 N–H and O–H groups in total. The number of carboxylic acid groups (broad SMARTS) is 1. The molecule has 3 nitrogen and oxygen atoms in total. The molecule has 0 amide bonds. The van der Waals surface area contributed by atoms with Crippen LogP contribution in [-0.4, -0.2) is 29.6 Å². The first kappa shape index (κ1) is 10.1. The standard InChI is InChI=1S/C10H17NO2/c1-11(7-6-10(12)13)8-9-4-2-3-5-9/h6-7,9H,2-5,8H2,1H3,(H,12,13). The summed E-state index contributed by atoms with van der Waals surface area (Å²) in [5.74, 6) is -0.110. The van der Waals surface area contributed by atoms with E-state index in [-0.39, 0.29) is 0 Å². The van der Waals surface area contributed by atoms with Crippen LogP contribution in [0.25, 0.3) is 0 Å². The van der Waals surface area contributed by atoms with Gasteiger partial charge in [-0.3, -0.25) is 0 Å². The molecule has 1 saturated carbocycles. The van der Waals surface area contributed by atoms with E-state index in [0.717, 1.165) is 12.5 Å². The second-order valence-electron chi connectivity index (χ2n) is 3.74. The molecule has 3 heteroatoms. The number of carboxylic acids is 1. The van der Waals surface area contributed by atoms with Crippen LogP contribution in [0, 0.1) is 5.92 Å². The van der Waals surface area contributed by atoms with Crippen LogP contribution in [0.2, 0.25) is 0 Å². The summed E-state index contributed by atoms with van der Waals surface area (Å²) >= 11 is 0. The molecule has 0 bridgehead atoms. The average Bonchev–Trinajstić information content (AvgIpc) is 2.53. The van der Waals surface area contributed by atoms with Crippen molar-refractivity contribution in [2.45, 2.75) is 25.7 Å². The maximum Gasteiger partial charge on any atom is 0.329 e. The Balaban J connectivity index is 2.23. The van der Waals surface area contributed by atoms with Crippen molar-refractivity contribution in [3.8, 4) is 0 Å². The van der Waals surface area contributed by atoms with Crippen molar-refractivity contribution in [3.05, 3.63) is 12.3 Å². The Morgan fingerprint density at radius 2 is 2.15 bits per heavy atom. The van der Waals surface area contributed by atoms with Crippen molar-refractivity contribution in [1.29, 1.82) is 0 Å². The van der Waals surface area contributed by atoms with Crippen LogP contribution in [0.3, 0.4) is 0 Å². The molecule has 1 aliphatic carbocycles. The number of nitrogens with zero attached hydrogens (tertiary/aromatic N) is 1. The van der Waals surface area contributed by atoms with Gasteiger partial charge in [-0.15, -0.1) is 0 Å². The highest BCUT2D eigenvalue weighted by Gasteiger charge is 2.15. The Morgan fingerprint density at radius 1 is 1.54 bits per heavy atom. The van der Waals surface area contributed by atoms with Gasteiger partial charge in [0, 0.05) is 25.9 Å². The first-order valence-electron chi connectivity index (χ1n) is 4.80. The fraction of sp³-hybridized carbons (Fsp3) is 0.700. The maximum absolute atomic E-state index is 10.2. The van der Waals surface area contributed by atoms with Gasteiger partial charge < -0.3 is 10.0 Å². The van der Waals surface area contributed by atoms with Gasteiger partial charge in [0.05, 0.1) is 0 Å². The largest absolute Gasteiger partial charge is 0.478 e. The fourth-order valence-electron chi connectivity index (χ4n) is 1.85. The van der Waals surface area contributed by atoms with E-state index in [9.17, 15) is 4.79 Å². The van der Waals surface area contributed by atoms with Gasteiger partial charge in [-0.2, -0.15) is 0 Å². The molecular weight excluding hydrogens is 166 g/mol. The number of hydrogen-bond acceptors (Lipinski definition) is 2. The van der Waals surface area contributed by atoms with Gasteiger partial charge in [-0.05, 0) is 18.8 Å². The van der Waals surface area contributed by atoms with Gasteiger partial charge in [0.1, 0.15) is 0 Å². The normalized spacial score (nSPS) is 18.2. The first-order valence-corrected chi connectivity index (χ1v) is 4.80. The summed E-state index contributed by atoms with van der Waals surface area (Å²) < 4.78 is 0. The molecule has 0 radical (unpaired) electrons. The molecule has 0 aromatic heterocycles. The summed E-state index contributed by atoms with van der Waals surface area (Å²) in [5.41, 5.74) is 0. The third-order valence-corrected chi connectivity index (χ3v) is 2.49. The van der Waals surface area contributed by atoms with Crippen LogP contribution in [0.1, 0.15) is 25.7 Å². The van der Waals surface area contributed by atoms with E-state index in [4.69, 9.17) is 5.11 Å². The van der Waals surface area contributed by atoms with Gasteiger partial charge in [0.25, 0.3) is 0 Å². The smallest absolute Gasteiger partial charge is 0.329 e. The molecule has 0 unspecified atom stereocenters. The molecule has 1 aliphatic rings. The topological polar surface area (TPSA) is 40.5 Å². The monoisotopic (exact) mass is 183 g/mol. The number of carbonyl (C=O) groups is 1. The lowest BCUT2D eigenvalue weighted by Crippen LogP contribution is -2.19. The van der Waals surface area contributed by atoms with Crippen molar-refractivity contribution in [1.82, 2.24) is 4.90 Å². The third-order valence-electron chi connectivity index (χ3n) is 2.49. The molecule has 0 aromatic rings. The number of aliphatic carboxylic acids is 1. The summed E-state index contributed by atoms with van der Waals surface area (Å²) in [6, 6.07) is 0. The quantitative estimate of drug-likeness (QED) is 0.674. The second-order valence-corrected chi connectivity index (χ2v) is 3.74. The van der Waals surface area contributed by atoms with Crippen LogP contribution in [0.15, 0.2) is 12.3 Å². The van der Waals surface area contributed by atoms with Gasteiger partial charge in [0.15, 0.2) is 0 Å². The van der Waals surface area contributed by atoms with E-state index >= 15 is 0 Å². The summed E-state index contributed by atoms with van der Waals surface area (Å²) in [6.45, 7) is 0.990. The van der Waals surface area contributed by atoms with Crippen LogP contribution in [-0.2, 0) is 4.79 Å². The first-order chi connectivity index (χ1) is 6.18. The molecule has 0 saturated heterocycles. The average molecular weight is 183 g/mol. The molecule has 1 rings (SSSR count). The van der Waals surface area contributed by atoms with Crippen molar-refractivity contribution in [2.24, 2.45) is 5.92 Å². The van der Waals surface area contributed by atoms with Crippen molar-refractivity contribution >= 4 is 5.97 Å². The Morgan fingerprint density at radius 3 is 2.69 bits per heavy atom. The summed E-state index contributed by atoms with van der Waals surface area (Å²) in [7, 11) is 1.93. The van der Waals surface area contributed by atoms with Crippen molar-refractivity contribution < 1.29 is 9.90 Å². The Kier molecular flexibility index (Phi) is 3.80. The number of rotatable bonds is 4. The molecule has 0 aromatic carbocycles. The van der Waals surface area contributed by atoms with Crippen LogP contribution in [0.4, 0.5) is 0 Å². The predicted molar refractivity (Wildman–Crippen MR) is 51.4 cm³/mol. The van der Waals surface area contributed by atoms with Crippen molar-refractivity contribution in [2.75, 3.05) is 13.6 Å². The summed E-state index contributed by atoms with van der Waals surface area (Å²) in [6.07, 6.45) is 8.09. The third kappa shape index (κ3) is 3.97. The van der Waals surface area contributed by atoms with E-state index in [1.807, 2.05) is 11.9 Å². The van der Waals surface area contributed by atoms with Crippen LogP contribution >= 0.6 is 0 Å². The molecule has 0 aliphatic heterocycles. The SMILES string of the molecule is CN(C=CC(=O)O)CC1CCCC1. The molecule has 0 spiro atoms. The highest BCUT2D eigenvalue weighted by Crippen LogP contribution is 2.25. The Labute approximate surface area is 79.0 Å². The minimum Gasteiger partial charge on any atom is -0.478 e. The fourth-order valence-corrected chi connectivity index (χ4v) is 1.85. The molecule has 13 heavy (non-hydrogen) atoms. The molecule has 1 fully saturated rings. The van der Waals surface area contributed by atoms with Crippen LogP contribution < -0.4 is 0 Å². The minimum absolute atomic E-state index is 0.767. The molecular formula is C10H17NO2. The van der Waals surface area contributed by atoms with E-state index in [2.05, 4.69) is 0 Å². The van der Waals surface area contributed by atoms with Gasteiger partial charge in [-0.1, -0.05) is 12.8 Å². The van der Waals surface area contributed by atoms with E-state index in [1.165, 1.54) is 31.8 Å². The van der Waals surface area contributed by atoms with E-state index < -0.39 is 5.97 Å². The van der Waals surface area contributed by atoms with Crippen LogP contribution in [0.5, 0.6) is 0 Å². The van der Waals surface area contributed by atoms with E-state index in [1.54, 1.807) is 6.20 Å². The molecule has 74 valence electrons. The predicted octanol–water partition coefficient (Wildman–Crippen LogP) is 1.71. The lowest BCUT2D eigenvalue weighted by Gasteiger charge is -2.18. The second kappa shape index (κ2) is 4.90. The highest BCUT2D eigenvalue weighted by atomic mass is 16.4. The molecule has 0 atom stereocenters. The van der Waals surface area contributed by atoms with Gasteiger partial charge in [-0.25, -0.2) is 4.79 Å². The molecule has 0 heterocycles. The summed E-state index contributed by atoms with van der Waals surface area (Å²) in [5, 5.41) is 8.41. The zero-order chi connectivity index (χ0) is 9.68. The number of hydrogen-bond donors (Lipinski definition) is 1. The summed E-state index contributed by atoms with van der Waals surface area (Å²) in [4.78, 5) is 12.2. The van der Waals surface area contributed by atoms with E-state index in [0.29, 0.717) is 0 Å². The maximum atomic E-state index is 10.2. The zero-order valence-corrected chi connectivity index (χ0v) is 8.07. The minimum atomic E-state index is -0.877.